The summed E-state index contributed by atoms with van der Waals surface area (Å²) in [6.07, 6.45) is 0.863. The third-order valence-corrected chi connectivity index (χ3v) is 5.71. The van der Waals surface area contributed by atoms with Gasteiger partial charge in [0.15, 0.2) is 0 Å². The first-order chi connectivity index (χ1) is 8.95. The third-order valence-electron chi connectivity index (χ3n) is 3.17. The van der Waals surface area contributed by atoms with Gasteiger partial charge in [-0.3, -0.25) is 9.59 Å². The second kappa shape index (κ2) is 5.81. The summed E-state index contributed by atoms with van der Waals surface area (Å²) in [6, 6.07) is 1.41. The molecule has 2 atom stereocenters. The number of carbonyl (C=O) groups excluding carboxylic acids is 1. The number of thiophene rings is 1. The molecule has 1 aromatic rings. The summed E-state index contributed by atoms with van der Waals surface area (Å²) in [6.45, 7) is 2.54. The molecule has 7 heteroatoms. The van der Waals surface area contributed by atoms with Gasteiger partial charge in [0.05, 0.1) is 12.0 Å². The maximum atomic E-state index is 12.0. The van der Waals surface area contributed by atoms with E-state index in [1.54, 1.807) is 4.90 Å². The molecule has 0 radical (unpaired) electrons. The number of nitrogens with zero attached hydrogens (tertiary/aromatic N) is 1. The summed E-state index contributed by atoms with van der Waals surface area (Å²) in [4.78, 5) is 25.8. The highest BCUT2D eigenvalue weighted by molar-refractivity contribution is 9.10. The Labute approximate surface area is 128 Å². The quantitative estimate of drug-likeness (QED) is 0.886. The van der Waals surface area contributed by atoms with Gasteiger partial charge < -0.3 is 10.0 Å². The molecule has 1 aliphatic heterocycles. The summed E-state index contributed by atoms with van der Waals surface area (Å²) in [5.74, 6) is -1.72. The Morgan fingerprint density at radius 3 is 2.84 bits per heavy atom. The molecule has 1 N–H and O–H groups in total. The number of aliphatic carboxylic acids is 1. The van der Waals surface area contributed by atoms with E-state index < -0.39 is 17.9 Å². The lowest BCUT2D eigenvalue weighted by Gasteiger charge is -2.25. The second-order valence-corrected chi connectivity index (χ2v) is 6.99. The topological polar surface area (TPSA) is 57.6 Å². The number of carbonyl (C=O) groups is 2. The molecule has 2 unspecified atom stereocenters. The predicted molar refractivity (Wildman–Crippen MR) is 77.5 cm³/mol. The molecule has 1 fully saturated rings. The van der Waals surface area contributed by atoms with E-state index in [1.807, 2.05) is 13.0 Å². The first-order valence-electron chi connectivity index (χ1n) is 5.92. The van der Waals surface area contributed by atoms with E-state index in [2.05, 4.69) is 15.9 Å². The smallest absolute Gasteiger partial charge is 0.309 e. The van der Waals surface area contributed by atoms with Gasteiger partial charge in [0.2, 0.25) is 5.91 Å². The third kappa shape index (κ3) is 2.80. The molecule has 1 aliphatic rings. The monoisotopic (exact) mass is 365 g/mol. The summed E-state index contributed by atoms with van der Waals surface area (Å²) in [5.41, 5.74) is 0. The number of rotatable bonds is 4. The molecule has 0 bridgehead atoms. The van der Waals surface area contributed by atoms with Crippen molar-refractivity contribution >= 4 is 50.7 Å². The van der Waals surface area contributed by atoms with Crippen molar-refractivity contribution in [1.82, 2.24) is 4.90 Å². The van der Waals surface area contributed by atoms with Crippen molar-refractivity contribution in [3.63, 3.8) is 0 Å². The van der Waals surface area contributed by atoms with Gasteiger partial charge in [-0.25, -0.2) is 0 Å². The molecule has 1 aromatic heterocycles. The molecule has 104 valence electrons. The highest BCUT2D eigenvalue weighted by Gasteiger charge is 2.45. The van der Waals surface area contributed by atoms with E-state index in [0.29, 0.717) is 10.9 Å². The molecule has 19 heavy (non-hydrogen) atoms. The predicted octanol–water partition coefficient (Wildman–Crippen LogP) is 3.55. The van der Waals surface area contributed by atoms with E-state index in [4.69, 9.17) is 11.6 Å². The van der Waals surface area contributed by atoms with Crippen molar-refractivity contribution < 1.29 is 14.7 Å². The molecule has 4 nitrogen and oxygen atoms in total. The highest BCUT2D eigenvalue weighted by atomic mass is 79.9. The van der Waals surface area contributed by atoms with Gasteiger partial charge in [-0.15, -0.1) is 11.3 Å². The molecular weight excluding hydrogens is 354 g/mol. The van der Waals surface area contributed by atoms with Crippen molar-refractivity contribution in [2.75, 3.05) is 6.54 Å². The Hall–Kier alpha value is -0.590. The summed E-state index contributed by atoms with van der Waals surface area (Å²) in [7, 11) is 0. The van der Waals surface area contributed by atoms with Crippen molar-refractivity contribution in [1.29, 1.82) is 0 Å². The Morgan fingerprint density at radius 1 is 1.68 bits per heavy atom. The lowest BCUT2D eigenvalue weighted by atomic mass is 9.99. The van der Waals surface area contributed by atoms with Crippen LogP contribution < -0.4 is 0 Å². The Kier molecular flexibility index (Phi) is 4.53. The minimum absolute atomic E-state index is 0.0626. The lowest BCUT2D eigenvalue weighted by molar-refractivity contribution is -0.142. The van der Waals surface area contributed by atoms with Gasteiger partial charge in [-0.2, -0.15) is 0 Å². The Morgan fingerprint density at radius 2 is 2.37 bits per heavy atom. The summed E-state index contributed by atoms with van der Waals surface area (Å²) < 4.78 is 1.32. The summed E-state index contributed by atoms with van der Waals surface area (Å²) >= 11 is 10.7. The first kappa shape index (κ1) is 14.8. The molecule has 0 saturated carbocycles. The number of carboxylic acids is 1. The van der Waals surface area contributed by atoms with Gasteiger partial charge >= 0.3 is 5.97 Å². The largest absolute Gasteiger partial charge is 0.481 e. The van der Waals surface area contributed by atoms with Crippen LogP contribution in [-0.2, 0) is 9.59 Å². The van der Waals surface area contributed by atoms with Gasteiger partial charge in [0.1, 0.15) is 4.34 Å². The molecule has 0 aliphatic carbocycles. The fourth-order valence-corrected chi connectivity index (χ4v) is 4.29. The van der Waals surface area contributed by atoms with Gasteiger partial charge in [0, 0.05) is 22.3 Å². The number of halogens is 2. The number of hydrogen-bond donors (Lipinski definition) is 1. The molecule has 2 heterocycles. The summed E-state index contributed by atoms with van der Waals surface area (Å²) in [5, 5.41) is 9.31. The molecule has 0 spiro atoms. The standard InChI is InChI=1S/C12H13BrClNO3S/c1-2-3-15-9(16)4-6(12(17)18)10(15)8-5-7(13)11(14)19-8/h5-6,10H,2-4H2,1H3,(H,17,18). The molecular formula is C12H13BrClNO3S. The van der Waals surface area contributed by atoms with Gasteiger partial charge in [-0.05, 0) is 28.4 Å². The fraction of sp³-hybridized carbons (Fsp3) is 0.500. The molecule has 1 amide bonds. The minimum Gasteiger partial charge on any atom is -0.481 e. The number of hydrogen-bond acceptors (Lipinski definition) is 3. The van der Waals surface area contributed by atoms with Crippen LogP contribution in [0.4, 0.5) is 0 Å². The van der Waals surface area contributed by atoms with Crippen molar-refractivity contribution in [3.05, 3.63) is 19.8 Å². The van der Waals surface area contributed by atoms with E-state index in [1.165, 1.54) is 11.3 Å². The molecule has 0 aromatic carbocycles. The number of amides is 1. The Bertz CT molecular complexity index is 500. The van der Waals surface area contributed by atoms with Crippen LogP contribution in [0.15, 0.2) is 10.5 Å². The molecule has 1 saturated heterocycles. The highest BCUT2D eigenvalue weighted by Crippen LogP contribution is 2.44. The van der Waals surface area contributed by atoms with E-state index in [9.17, 15) is 14.7 Å². The maximum absolute atomic E-state index is 12.0. The zero-order valence-electron chi connectivity index (χ0n) is 10.2. The van der Waals surface area contributed by atoms with Crippen LogP contribution in [0.1, 0.15) is 30.7 Å². The first-order valence-corrected chi connectivity index (χ1v) is 7.91. The average molecular weight is 367 g/mol. The van der Waals surface area contributed by atoms with Crippen molar-refractivity contribution in [2.24, 2.45) is 5.92 Å². The maximum Gasteiger partial charge on any atom is 0.309 e. The van der Waals surface area contributed by atoms with Crippen LogP contribution in [0.25, 0.3) is 0 Å². The van der Waals surface area contributed by atoms with Crippen LogP contribution in [0, 0.1) is 5.92 Å². The van der Waals surface area contributed by atoms with Crippen LogP contribution in [0.3, 0.4) is 0 Å². The number of carboxylic acid groups (broad SMARTS) is 1. The lowest BCUT2D eigenvalue weighted by Crippen LogP contribution is -2.30. The van der Waals surface area contributed by atoms with Gasteiger partial charge in [-0.1, -0.05) is 18.5 Å². The van der Waals surface area contributed by atoms with Crippen LogP contribution in [0.5, 0.6) is 0 Å². The SMILES string of the molecule is CCCN1C(=O)CC(C(=O)O)C1c1cc(Br)c(Cl)s1. The van der Waals surface area contributed by atoms with Crippen LogP contribution >= 0.6 is 38.9 Å². The Balaban J connectivity index is 2.40. The van der Waals surface area contributed by atoms with E-state index in [-0.39, 0.29) is 12.3 Å². The van der Waals surface area contributed by atoms with Crippen molar-refractivity contribution in [3.8, 4) is 0 Å². The van der Waals surface area contributed by atoms with Gasteiger partial charge in [0.25, 0.3) is 0 Å². The number of likely N-dealkylation sites (tertiary alicyclic amines) is 1. The average Bonchev–Trinajstić information content (AvgIpc) is 2.82. The minimum atomic E-state index is -0.933. The van der Waals surface area contributed by atoms with Crippen LogP contribution in [-0.4, -0.2) is 28.4 Å². The molecule has 2 rings (SSSR count). The van der Waals surface area contributed by atoms with Crippen LogP contribution in [0.2, 0.25) is 4.34 Å². The zero-order chi connectivity index (χ0) is 14.2. The normalized spacial score (nSPS) is 23.1. The fourth-order valence-electron chi connectivity index (χ4n) is 2.38. The van der Waals surface area contributed by atoms with E-state index >= 15 is 0 Å². The van der Waals surface area contributed by atoms with Crippen molar-refractivity contribution in [2.45, 2.75) is 25.8 Å². The zero-order valence-corrected chi connectivity index (χ0v) is 13.4. The van der Waals surface area contributed by atoms with E-state index in [0.717, 1.165) is 15.8 Å². The second-order valence-electron chi connectivity index (χ2n) is 4.45.